The van der Waals surface area contributed by atoms with Gasteiger partial charge in [-0.3, -0.25) is 9.63 Å². The number of rotatable bonds is 6. The molecule has 0 saturated carbocycles. The number of amides is 1. The normalized spacial score (nSPS) is 10.9. The van der Waals surface area contributed by atoms with Gasteiger partial charge in [-0.25, -0.2) is 14.9 Å². The third-order valence-corrected chi connectivity index (χ3v) is 3.95. The second kappa shape index (κ2) is 7.73. The van der Waals surface area contributed by atoms with Gasteiger partial charge in [0.2, 0.25) is 0 Å². The van der Waals surface area contributed by atoms with Crippen molar-refractivity contribution < 1.29 is 19.1 Å². The predicted octanol–water partition coefficient (Wildman–Crippen LogP) is 0.782. The number of hydroxylamine groups is 1. The first-order valence-corrected chi connectivity index (χ1v) is 8.09. The highest BCUT2D eigenvalue weighted by atomic mass is 35.5. The molecule has 3 aromatic rings. The van der Waals surface area contributed by atoms with Crippen LogP contribution in [0.2, 0.25) is 5.02 Å². The highest BCUT2D eigenvalue weighted by molar-refractivity contribution is 6.37. The second-order valence-electron chi connectivity index (χ2n) is 5.52. The van der Waals surface area contributed by atoms with Crippen LogP contribution in [0.3, 0.4) is 0 Å². The summed E-state index contributed by atoms with van der Waals surface area (Å²) in [6, 6.07) is 5.32. The second-order valence-corrected chi connectivity index (χ2v) is 5.93. The number of anilines is 2. The molecule has 1 amide bonds. The van der Waals surface area contributed by atoms with Crippen LogP contribution in [0.15, 0.2) is 36.9 Å². The minimum atomic E-state index is -0.801. The first kappa shape index (κ1) is 18.2. The van der Waals surface area contributed by atoms with Crippen molar-refractivity contribution in [3.8, 4) is 0 Å². The van der Waals surface area contributed by atoms with E-state index in [1.165, 1.54) is 16.9 Å². The molecule has 134 valence electrons. The van der Waals surface area contributed by atoms with Crippen molar-refractivity contribution in [1.29, 1.82) is 0 Å². The van der Waals surface area contributed by atoms with E-state index in [0.717, 1.165) is 11.7 Å². The van der Waals surface area contributed by atoms with E-state index in [1.54, 1.807) is 12.1 Å². The van der Waals surface area contributed by atoms with Gasteiger partial charge in [-0.1, -0.05) is 23.1 Å². The topological polar surface area (TPSA) is 87.9 Å². The molecule has 2 heterocycles. The van der Waals surface area contributed by atoms with Crippen LogP contribution in [0.4, 0.5) is 15.8 Å². The zero-order valence-electron chi connectivity index (χ0n) is 13.8. The van der Waals surface area contributed by atoms with Crippen LogP contribution in [0.25, 0.3) is 5.52 Å². The number of benzene rings is 1. The van der Waals surface area contributed by atoms with Crippen molar-refractivity contribution in [2.45, 2.75) is 0 Å². The lowest BCUT2D eigenvalue weighted by atomic mass is 9.96. The number of carbonyl (C=O) groups is 1. The average molecular weight is 377 g/mol. The summed E-state index contributed by atoms with van der Waals surface area (Å²) in [5, 5.41) is 12.2. The van der Waals surface area contributed by atoms with Crippen LogP contribution in [0, 0.1) is 5.82 Å². The van der Waals surface area contributed by atoms with Crippen molar-refractivity contribution in [3.05, 3.63) is 53.3 Å². The Morgan fingerprint density at radius 3 is 3.00 bits per heavy atom. The number of hydrogen-bond acceptors (Lipinski definition) is 5. The molecule has 10 heteroatoms. The van der Waals surface area contributed by atoms with E-state index in [4.69, 9.17) is 21.5 Å². The van der Waals surface area contributed by atoms with Crippen LogP contribution in [-0.2, 0) is 4.84 Å². The number of aliphatic hydroxyl groups excluding tert-OH is 1. The molecule has 0 bridgehead atoms. The van der Waals surface area contributed by atoms with Crippen molar-refractivity contribution in [1.82, 2.24) is 14.9 Å². The molecule has 1 aromatic carbocycles. The number of hydrogen-bond donors (Lipinski definition) is 3. The van der Waals surface area contributed by atoms with Crippen LogP contribution >= 0.6 is 11.6 Å². The minimum absolute atomic E-state index is 0.116. The van der Waals surface area contributed by atoms with Crippen LogP contribution in [0.5, 0.6) is 0 Å². The molecule has 0 unspecified atom stereocenters. The van der Waals surface area contributed by atoms with Crippen LogP contribution < -0.4 is 16.3 Å². The van der Waals surface area contributed by atoms with E-state index in [9.17, 15) is 9.18 Å². The van der Waals surface area contributed by atoms with E-state index in [1.807, 2.05) is 13.9 Å². The summed E-state index contributed by atoms with van der Waals surface area (Å²) >= 11 is 6.25. The Kier molecular flexibility index (Phi) is 5.41. The first-order valence-electron chi connectivity index (χ1n) is 7.71. The van der Waals surface area contributed by atoms with E-state index < -0.39 is 11.7 Å². The fraction of sp³-hybridized carbons (Fsp3) is 0.125. The summed E-state index contributed by atoms with van der Waals surface area (Å²) in [6.07, 6.45) is 4.06. The van der Waals surface area contributed by atoms with E-state index >= 15 is 0 Å². The van der Waals surface area contributed by atoms with Gasteiger partial charge in [-0.2, -0.15) is 0 Å². The summed E-state index contributed by atoms with van der Waals surface area (Å²) in [5.74, 6) is -1.57. The highest BCUT2D eigenvalue weighted by Crippen LogP contribution is 2.31. The Labute approximate surface area is 154 Å². The molecular weight excluding hydrogens is 361 g/mol. The molecule has 0 aliphatic carbocycles. The van der Waals surface area contributed by atoms with Crippen molar-refractivity contribution >= 4 is 47.7 Å². The summed E-state index contributed by atoms with van der Waals surface area (Å²) < 4.78 is 16.0. The molecule has 2 aromatic heterocycles. The molecule has 26 heavy (non-hydrogen) atoms. The monoisotopic (exact) mass is 376 g/mol. The van der Waals surface area contributed by atoms with E-state index in [0.29, 0.717) is 16.2 Å². The summed E-state index contributed by atoms with van der Waals surface area (Å²) in [5.41, 5.74) is 4.00. The molecule has 0 spiro atoms. The third kappa shape index (κ3) is 3.64. The Morgan fingerprint density at radius 1 is 1.46 bits per heavy atom. The molecule has 3 rings (SSSR count). The Bertz CT molecular complexity index is 966. The van der Waals surface area contributed by atoms with Gasteiger partial charge in [0.25, 0.3) is 5.91 Å². The quantitative estimate of drug-likeness (QED) is 0.336. The number of pyridine rings is 1. The highest BCUT2D eigenvalue weighted by Gasteiger charge is 2.22. The lowest BCUT2D eigenvalue weighted by molar-refractivity contribution is 0.0166. The number of nitrogens with zero attached hydrogens (tertiary/aromatic N) is 2. The fourth-order valence-corrected chi connectivity index (χ4v) is 2.74. The zero-order valence-corrected chi connectivity index (χ0v) is 14.5. The van der Waals surface area contributed by atoms with Crippen LogP contribution in [-0.4, -0.2) is 41.5 Å². The summed E-state index contributed by atoms with van der Waals surface area (Å²) in [6.45, 7) is -0.399. The van der Waals surface area contributed by atoms with Gasteiger partial charge < -0.3 is 14.8 Å². The fourth-order valence-electron chi connectivity index (χ4n) is 2.45. The van der Waals surface area contributed by atoms with Crippen molar-refractivity contribution in [2.75, 3.05) is 18.5 Å². The summed E-state index contributed by atoms with van der Waals surface area (Å²) in [4.78, 5) is 21.2. The van der Waals surface area contributed by atoms with Crippen molar-refractivity contribution in [2.24, 2.45) is 0 Å². The lowest BCUT2D eigenvalue weighted by Crippen LogP contribution is -2.27. The zero-order chi connectivity index (χ0) is 18.7. The summed E-state index contributed by atoms with van der Waals surface area (Å²) in [7, 11) is 1.89. The first-order chi connectivity index (χ1) is 12.5. The van der Waals surface area contributed by atoms with Gasteiger partial charge in [0.15, 0.2) is 5.82 Å². The average Bonchev–Trinajstić information content (AvgIpc) is 3.05. The number of imidazole rings is 1. The molecule has 3 N–H and O–H groups in total. The van der Waals surface area contributed by atoms with Crippen molar-refractivity contribution in [3.63, 3.8) is 0 Å². The van der Waals surface area contributed by atoms with Gasteiger partial charge in [-0.15, -0.1) is 0 Å². The number of aliphatic hydroxyl groups is 1. The molecule has 0 saturated heterocycles. The smallest absolute Gasteiger partial charge is 0.280 e. The number of fused-ring (bicyclic) bond motifs is 1. The Morgan fingerprint density at radius 2 is 2.27 bits per heavy atom. The maximum Gasteiger partial charge on any atom is 0.280 e. The number of carbonyl (C=O) groups excluding carboxylic acids is 1. The molecule has 0 aliphatic rings. The molecule has 7 nitrogen and oxygen atoms in total. The molecular formula is C16H15BClFN4O3. The minimum Gasteiger partial charge on any atom is -0.394 e. The molecule has 0 fully saturated rings. The molecule has 0 radical (unpaired) electrons. The molecule has 0 aliphatic heterocycles. The van der Waals surface area contributed by atoms with Gasteiger partial charge in [0.05, 0.1) is 47.7 Å². The number of aromatic nitrogens is 2. The Balaban J connectivity index is 2.07. The van der Waals surface area contributed by atoms with E-state index in [2.05, 4.69) is 15.8 Å². The number of halogens is 2. The maximum absolute atomic E-state index is 14.6. The van der Waals surface area contributed by atoms with E-state index in [-0.39, 0.29) is 24.5 Å². The number of nitrogens with one attached hydrogen (secondary N) is 2. The SMILES string of the molecule is Bc1ccc(Nc2c(C(=O)NOCCO)c(F)cn3cncc23)c(Cl)c1. The third-order valence-electron chi connectivity index (χ3n) is 3.63. The largest absolute Gasteiger partial charge is 0.394 e. The lowest BCUT2D eigenvalue weighted by Gasteiger charge is -2.16. The standard InChI is InChI=1S/C16H15BClFN4O3/c17-9-1-2-12(10(18)5-9)21-15-13-6-20-8-23(13)7-11(19)14(15)16(25)22-26-4-3-24/h1-2,5-8,21,24H,3-4,17H2,(H,22,25). The van der Waals surface area contributed by atoms with Gasteiger partial charge in [0, 0.05) is 6.20 Å². The molecule has 0 atom stereocenters. The maximum atomic E-state index is 14.6. The van der Waals surface area contributed by atoms with Gasteiger partial charge in [0.1, 0.15) is 13.4 Å². The van der Waals surface area contributed by atoms with Gasteiger partial charge in [-0.05, 0) is 12.1 Å². The van der Waals surface area contributed by atoms with Crippen LogP contribution in [0.1, 0.15) is 10.4 Å². The Hall–Kier alpha value is -2.62. The van der Waals surface area contributed by atoms with Gasteiger partial charge >= 0.3 is 0 Å². The predicted molar refractivity (Wildman–Crippen MR) is 98.6 cm³/mol.